The van der Waals surface area contributed by atoms with Crippen molar-refractivity contribution in [1.82, 2.24) is 19.9 Å². The van der Waals surface area contributed by atoms with Gasteiger partial charge in [0.05, 0.1) is 5.60 Å². The molecular weight excluding hydrogens is 400 g/mol. The van der Waals surface area contributed by atoms with Gasteiger partial charge in [-0.25, -0.2) is 9.97 Å². The van der Waals surface area contributed by atoms with Crippen molar-refractivity contribution in [2.45, 2.75) is 24.9 Å². The fourth-order valence-electron chi connectivity index (χ4n) is 4.47. The molecule has 1 aliphatic rings. The number of carbonyl (C=O) groups is 1. The highest BCUT2D eigenvalue weighted by molar-refractivity contribution is 5.97. The smallest absolute Gasteiger partial charge is 0.270 e. The molecule has 0 aliphatic carbocycles. The molecule has 0 unspecified atom stereocenters. The number of methoxy groups -OCH3 is 1. The van der Waals surface area contributed by atoms with Gasteiger partial charge < -0.3 is 14.6 Å². The topological polar surface area (TPSA) is 71.1 Å². The molecule has 162 valence electrons. The summed E-state index contributed by atoms with van der Waals surface area (Å²) in [5.74, 6) is 0.636. The van der Waals surface area contributed by atoms with Crippen molar-refractivity contribution in [1.29, 1.82) is 0 Å². The van der Waals surface area contributed by atoms with Gasteiger partial charge in [0.15, 0.2) is 5.82 Å². The van der Waals surface area contributed by atoms with Crippen LogP contribution in [-0.2, 0) is 11.2 Å². The molecule has 6 nitrogen and oxygen atoms in total. The molecule has 5 rings (SSSR count). The van der Waals surface area contributed by atoms with Crippen LogP contribution in [0.1, 0.15) is 28.9 Å². The quantitative estimate of drug-likeness (QED) is 0.510. The third-order valence-corrected chi connectivity index (χ3v) is 6.40. The molecule has 1 N–H and O–H groups in total. The minimum Gasteiger partial charge on any atom is -0.378 e. The fraction of sp³-hybridized carbons (Fsp3) is 0.269. The lowest BCUT2D eigenvalue weighted by Crippen LogP contribution is -2.48. The summed E-state index contributed by atoms with van der Waals surface area (Å²) < 4.78 is 5.96. The number of aromatic amines is 1. The van der Waals surface area contributed by atoms with Gasteiger partial charge >= 0.3 is 0 Å². The average molecular weight is 427 g/mol. The summed E-state index contributed by atoms with van der Waals surface area (Å²) in [7, 11) is 1.78. The number of benzene rings is 2. The molecular formula is C26H26N4O2. The largest absolute Gasteiger partial charge is 0.378 e. The molecule has 4 aromatic rings. The van der Waals surface area contributed by atoms with Crippen molar-refractivity contribution in [2.75, 3.05) is 20.2 Å². The fourth-order valence-corrected chi connectivity index (χ4v) is 4.47. The van der Waals surface area contributed by atoms with E-state index in [2.05, 4.69) is 39.2 Å². The number of nitrogens with one attached hydrogen (secondary N) is 1. The number of hydrogen-bond donors (Lipinski definition) is 1. The summed E-state index contributed by atoms with van der Waals surface area (Å²) in [6.07, 6.45) is 4.24. The maximum atomic E-state index is 13.2. The van der Waals surface area contributed by atoms with Crippen molar-refractivity contribution in [3.8, 4) is 11.4 Å². The predicted molar refractivity (Wildman–Crippen MR) is 124 cm³/mol. The molecule has 0 bridgehead atoms. The van der Waals surface area contributed by atoms with E-state index in [4.69, 9.17) is 4.74 Å². The van der Waals surface area contributed by atoms with Gasteiger partial charge in [0.1, 0.15) is 11.3 Å². The Kier molecular flexibility index (Phi) is 5.45. The number of ether oxygens (including phenoxy) is 1. The van der Waals surface area contributed by atoms with Crippen molar-refractivity contribution < 1.29 is 9.53 Å². The molecule has 1 aliphatic heterocycles. The number of likely N-dealkylation sites (tertiary alicyclic amines) is 1. The van der Waals surface area contributed by atoms with Gasteiger partial charge in [0, 0.05) is 43.8 Å². The standard InChI is InChI=1S/C26H26N4O2/c1-32-26(17-19-8-4-2-5-9-19)12-14-30(15-13-26)25(31)22-16-21-18-27-23(29-24(21)28-22)20-10-6-3-7-11-20/h2-11,16,18H,12-15,17H2,1H3,(H,27,28,29). The Bertz CT molecular complexity index is 1210. The first-order chi connectivity index (χ1) is 15.7. The van der Waals surface area contributed by atoms with E-state index >= 15 is 0 Å². The van der Waals surface area contributed by atoms with Crippen LogP contribution in [0.4, 0.5) is 0 Å². The van der Waals surface area contributed by atoms with Crippen molar-refractivity contribution in [3.05, 3.63) is 84.2 Å². The molecule has 0 saturated carbocycles. The number of carbonyl (C=O) groups excluding carboxylic acids is 1. The number of amides is 1. The normalized spacial score (nSPS) is 15.7. The molecule has 2 aromatic carbocycles. The highest BCUT2D eigenvalue weighted by atomic mass is 16.5. The van der Waals surface area contributed by atoms with Crippen LogP contribution in [0.25, 0.3) is 22.4 Å². The van der Waals surface area contributed by atoms with Crippen LogP contribution >= 0.6 is 0 Å². The van der Waals surface area contributed by atoms with Crippen LogP contribution < -0.4 is 0 Å². The molecule has 0 spiro atoms. The zero-order valence-electron chi connectivity index (χ0n) is 18.1. The highest BCUT2D eigenvalue weighted by Gasteiger charge is 2.36. The van der Waals surface area contributed by atoms with E-state index in [1.165, 1.54) is 5.56 Å². The first-order valence-electron chi connectivity index (χ1n) is 11.0. The molecule has 0 radical (unpaired) electrons. The number of nitrogens with zero attached hydrogens (tertiary/aromatic N) is 3. The van der Waals surface area contributed by atoms with Crippen LogP contribution in [0.5, 0.6) is 0 Å². The average Bonchev–Trinajstić information content (AvgIpc) is 3.29. The second-order valence-corrected chi connectivity index (χ2v) is 8.39. The lowest BCUT2D eigenvalue weighted by Gasteiger charge is -2.41. The van der Waals surface area contributed by atoms with E-state index in [9.17, 15) is 4.79 Å². The minimum absolute atomic E-state index is 0.00586. The van der Waals surface area contributed by atoms with Gasteiger partial charge in [0.25, 0.3) is 5.91 Å². The van der Waals surface area contributed by atoms with E-state index in [-0.39, 0.29) is 11.5 Å². The number of H-pyrrole nitrogens is 1. The maximum absolute atomic E-state index is 13.2. The summed E-state index contributed by atoms with van der Waals surface area (Å²) in [5, 5.41) is 0.834. The van der Waals surface area contributed by atoms with Gasteiger partial charge in [-0.1, -0.05) is 60.7 Å². The Morgan fingerprint density at radius 3 is 2.44 bits per heavy atom. The Hall–Kier alpha value is -3.51. The zero-order valence-corrected chi connectivity index (χ0v) is 18.1. The maximum Gasteiger partial charge on any atom is 0.270 e. The zero-order chi connectivity index (χ0) is 22.0. The Morgan fingerprint density at radius 1 is 1.06 bits per heavy atom. The van der Waals surface area contributed by atoms with Gasteiger partial charge in [-0.2, -0.15) is 0 Å². The van der Waals surface area contributed by atoms with Crippen molar-refractivity contribution >= 4 is 16.9 Å². The second-order valence-electron chi connectivity index (χ2n) is 8.39. The Balaban J connectivity index is 1.30. The molecule has 1 fully saturated rings. The van der Waals surface area contributed by atoms with Crippen LogP contribution in [0.3, 0.4) is 0 Å². The first-order valence-corrected chi connectivity index (χ1v) is 11.0. The minimum atomic E-state index is -0.228. The molecule has 2 aromatic heterocycles. The molecule has 1 amide bonds. The van der Waals surface area contributed by atoms with E-state index in [0.717, 1.165) is 30.2 Å². The Labute approximate surface area is 187 Å². The van der Waals surface area contributed by atoms with E-state index in [1.807, 2.05) is 47.4 Å². The lowest BCUT2D eigenvalue weighted by atomic mass is 9.85. The molecule has 3 heterocycles. The summed E-state index contributed by atoms with van der Waals surface area (Å²) in [6.45, 7) is 1.33. The number of aromatic nitrogens is 3. The summed E-state index contributed by atoms with van der Waals surface area (Å²) >= 11 is 0. The van der Waals surface area contributed by atoms with Gasteiger partial charge in [-0.15, -0.1) is 0 Å². The predicted octanol–water partition coefficient (Wildman–Crippen LogP) is 4.49. The molecule has 0 atom stereocenters. The van der Waals surface area contributed by atoms with E-state index in [0.29, 0.717) is 30.3 Å². The van der Waals surface area contributed by atoms with Gasteiger partial charge in [-0.3, -0.25) is 4.79 Å². The number of piperidine rings is 1. The first kappa shape index (κ1) is 20.4. The SMILES string of the molecule is COC1(Cc2ccccc2)CCN(C(=O)c2cc3cnc(-c4ccccc4)nc3[nH]2)CC1. The molecule has 32 heavy (non-hydrogen) atoms. The highest BCUT2D eigenvalue weighted by Crippen LogP contribution is 2.30. The van der Waals surface area contributed by atoms with Gasteiger partial charge in [0.2, 0.25) is 0 Å². The van der Waals surface area contributed by atoms with Crippen molar-refractivity contribution in [2.24, 2.45) is 0 Å². The van der Waals surface area contributed by atoms with Crippen LogP contribution in [0.2, 0.25) is 0 Å². The molecule has 6 heteroatoms. The third kappa shape index (κ3) is 4.01. The summed E-state index contributed by atoms with van der Waals surface area (Å²) in [5.41, 5.74) is 3.20. The lowest BCUT2D eigenvalue weighted by molar-refractivity contribution is -0.0517. The Morgan fingerprint density at radius 2 is 1.75 bits per heavy atom. The van der Waals surface area contributed by atoms with E-state index < -0.39 is 0 Å². The van der Waals surface area contributed by atoms with Crippen LogP contribution in [-0.4, -0.2) is 51.6 Å². The number of fused-ring (bicyclic) bond motifs is 1. The summed E-state index contributed by atoms with van der Waals surface area (Å²) in [4.78, 5) is 27.4. The third-order valence-electron chi connectivity index (χ3n) is 6.40. The molecule has 1 saturated heterocycles. The number of rotatable bonds is 5. The van der Waals surface area contributed by atoms with Crippen LogP contribution in [0, 0.1) is 0 Å². The van der Waals surface area contributed by atoms with Gasteiger partial charge in [-0.05, 0) is 24.5 Å². The van der Waals surface area contributed by atoms with Crippen molar-refractivity contribution in [3.63, 3.8) is 0 Å². The summed E-state index contributed by atoms with van der Waals surface area (Å²) in [6, 6.07) is 22.1. The number of hydrogen-bond acceptors (Lipinski definition) is 4. The van der Waals surface area contributed by atoms with Crippen LogP contribution in [0.15, 0.2) is 72.9 Å². The van der Waals surface area contributed by atoms with E-state index in [1.54, 1.807) is 13.3 Å². The monoisotopic (exact) mass is 426 g/mol. The second kappa shape index (κ2) is 8.55.